The summed E-state index contributed by atoms with van der Waals surface area (Å²) in [5, 5.41) is 8.73. The van der Waals surface area contributed by atoms with E-state index in [9.17, 15) is 4.79 Å². The van der Waals surface area contributed by atoms with Crippen molar-refractivity contribution in [1.29, 1.82) is 0 Å². The molecule has 1 aromatic heterocycles. The second kappa shape index (κ2) is 15.7. The van der Waals surface area contributed by atoms with E-state index in [0.717, 1.165) is 36.4 Å². The summed E-state index contributed by atoms with van der Waals surface area (Å²) in [7, 11) is 3.47. The van der Waals surface area contributed by atoms with Crippen molar-refractivity contribution in [1.82, 2.24) is 15.5 Å². The Hall–Kier alpha value is -2.01. The summed E-state index contributed by atoms with van der Waals surface area (Å²) in [5.74, 6) is 2.14. The Kier molecular flexibility index (Phi) is 13.8. The van der Waals surface area contributed by atoms with Crippen LogP contribution in [0, 0.1) is 0 Å². The topological polar surface area (TPSA) is 75.2 Å². The first-order chi connectivity index (χ1) is 15.0. The third kappa shape index (κ3) is 10.1. The maximum atomic E-state index is 11.9. The molecular weight excluding hydrogens is 539 g/mol. The van der Waals surface area contributed by atoms with Crippen molar-refractivity contribution in [3.05, 3.63) is 46.2 Å². The Labute approximate surface area is 212 Å². The molecule has 0 atom stereocenters. The van der Waals surface area contributed by atoms with E-state index < -0.39 is 0 Å². The van der Waals surface area contributed by atoms with Crippen molar-refractivity contribution in [2.24, 2.45) is 4.99 Å². The van der Waals surface area contributed by atoms with Gasteiger partial charge in [-0.15, -0.1) is 35.3 Å². The Morgan fingerprint density at radius 2 is 1.72 bits per heavy atom. The molecule has 178 valence electrons. The van der Waals surface area contributed by atoms with E-state index in [2.05, 4.69) is 33.1 Å². The molecule has 1 aromatic carbocycles. The van der Waals surface area contributed by atoms with E-state index in [-0.39, 0.29) is 36.4 Å². The monoisotopic (exact) mass is 574 g/mol. The summed E-state index contributed by atoms with van der Waals surface area (Å²) in [4.78, 5) is 19.2. The number of halogens is 1. The van der Waals surface area contributed by atoms with Crippen LogP contribution < -0.4 is 20.1 Å². The van der Waals surface area contributed by atoms with Gasteiger partial charge in [-0.05, 0) is 55.8 Å². The van der Waals surface area contributed by atoms with Gasteiger partial charge in [0.25, 0.3) is 0 Å². The van der Waals surface area contributed by atoms with Crippen LogP contribution in [0.3, 0.4) is 0 Å². The van der Waals surface area contributed by atoms with Gasteiger partial charge in [0.05, 0.1) is 13.2 Å². The van der Waals surface area contributed by atoms with E-state index in [1.54, 1.807) is 30.3 Å². The molecule has 0 aliphatic rings. The number of amides is 1. The average Bonchev–Trinajstić information content (AvgIpc) is 3.27. The zero-order valence-electron chi connectivity index (χ0n) is 19.3. The second-order valence-electron chi connectivity index (χ2n) is 7.03. The number of nitrogens with one attached hydrogen (secondary N) is 2. The van der Waals surface area contributed by atoms with Gasteiger partial charge >= 0.3 is 0 Å². The van der Waals surface area contributed by atoms with Crippen LogP contribution in [0.2, 0.25) is 0 Å². The van der Waals surface area contributed by atoms with Gasteiger partial charge in [0.1, 0.15) is 6.54 Å². The fourth-order valence-corrected chi connectivity index (χ4v) is 3.51. The highest BCUT2D eigenvalue weighted by atomic mass is 127. The van der Waals surface area contributed by atoms with E-state index >= 15 is 0 Å². The smallest absolute Gasteiger partial charge is 0.243 e. The molecule has 1 amide bonds. The molecule has 2 rings (SSSR count). The lowest BCUT2D eigenvalue weighted by Crippen LogP contribution is -2.40. The molecule has 7 nitrogen and oxygen atoms in total. The maximum Gasteiger partial charge on any atom is 0.243 e. The predicted molar refractivity (Wildman–Crippen MR) is 143 cm³/mol. The van der Waals surface area contributed by atoms with Crippen molar-refractivity contribution in [3.63, 3.8) is 0 Å². The lowest BCUT2D eigenvalue weighted by Gasteiger charge is -2.15. The summed E-state index contributed by atoms with van der Waals surface area (Å²) < 4.78 is 11.3. The fraction of sp³-hybridized carbons (Fsp3) is 0.478. The highest BCUT2D eigenvalue weighted by Crippen LogP contribution is 2.28. The number of thiophene rings is 1. The molecule has 2 N–H and O–H groups in total. The van der Waals surface area contributed by atoms with Gasteiger partial charge in [0.2, 0.25) is 5.91 Å². The van der Waals surface area contributed by atoms with Crippen molar-refractivity contribution in [2.75, 3.05) is 46.9 Å². The molecule has 32 heavy (non-hydrogen) atoms. The van der Waals surface area contributed by atoms with Crippen LogP contribution in [-0.2, 0) is 17.6 Å². The highest BCUT2D eigenvalue weighted by Gasteiger charge is 2.08. The van der Waals surface area contributed by atoms with Gasteiger partial charge in [-0.25, -0.2) is 4.99 Å². The number of hydrogen-bond donors (Lipinski definition) is 2. The number of nitrogens with zero attached hydrogens (tertiary/aromatic N) is 2. The normalized spacial score (nSPS) is 10.8. The molecule has 0 spiro atoms. The molecule has 0 saturated heterocycles. The summed E-state index contributed by atoms with van der Waals surface area (Å²) in [5.41, 5.74) is 1.14. The Morgan fingerprint density at radius 1 is 1.03 bits per heavy atom. The van der Waals surface area contributed by atoms with Gasteiger partial charge < -0.3 is 25.0 Å². The summed E-state index contributed by atoms with van der Waals surface area (Å²) >= 11 is 1.74. The van der Waals surface area contributed by atoms with E-state index in [0.29, 0.717) is 25.7 Å². The SMILES string of the molecule is CCOc1ccc(CCNC(=NCC(=O)N(C)C)NCCc2cccs2)cc1OCC.I. The maximum absolute atomic E-state index is 11.9. The van der Waals surface area contributed by atoms with Crippen LogP contribution in [0.1, 0.15) is 24.3 Å². The minimum Gasteiger partial charge on any atom is -0.490 e. The molecule has 0 aliphatic heterocycles. The van der Waals surface area contributed by atoms with Crippen LogP contribution in [0.25, 0.3) is 0 Å². The number of ether oxygens (including phenoxy) is 2. The fourth-order valence-electron chi connectivity index (χ4n) is 2.80. The van der Waals surface area contributed by atoms with Gasteiger partial charge in [0.15, 0.2) is 17.5 Å². The van der Waals surface area contributed by atoms with Gasteiger partial charge in [0, 0.05) is 32.1 Å². The van der Waals surface area contributed by atoms with Crippen LogP contribution in [-0.4, -0.2) is 63.7 Å². The summed E-state index contributed by atoms with van der Waals surface area (Å²) in [6.45, 7) is 6.65. The molecule has 0 unspecified atom stereocenters. The van der Waals surface area contributed by atoms with Gasteiger partial charge in [-0.2, -0.15) is 0 Å². The van der Waals surface area contributed by atoms with Crippen molar-refractivity contribution in [3.8, 4) is 11.5 Å². The largest absolute Gasteiger partial charge is 0.490 e. The number of likely N-dealkylation sites (N-methyl/N-ethyl adjacent to an activating group) is 1. The molecular formula is C23H35IN4O3S. The van der Waals surface area contributed by atoms with Crippen LogP contribution in [0.15, 0.2) is 40.7 Å². The lowest BCUT2D eigenvalue weighted by molar-refractivity contribution is -0.127. The molecule has 0 aliphatic carbocycles. The van der Waals surface area contributed by atoms with E-state index in [1.165, 1.54) is 4.88 Å². The van der Waals surface area contributed by atoms with Gasteiger partial charge in [-0.1, -0.05) is 12.1 Å². The Balaban J connectivity index is 0.00000512. The minimum absolute atomic E-state index is 0. The van der Waals surface area contributed by atoms with E-state index in [1.807, 2.05) is 32.0 Å². The molecule has 2 aromatic rings. The molecule has 0 saturated carbocycles. The predicted octanol–water partition coefficient (Wildman–Crippen LogP) is 3.57. The second-order valence-corrected chi connectivity index (χ2v) is 8.07. The van der Waals surface area contributed by atoms with Crippen LogP contribution in [0.5, 0.6) is 11.5 Å². The lowest BCUT2D eigenvalue weighted by atomic mass is 10.1. The average molecular weight is 575 g/mol. The molecule has 0 fully saturated rings. The first-order valence-corrected chi connectivity index (χ1v) is 11.5. The summed E-state index contributed by atoms with van der Waals surface area (Å²) in [6, 6.07) is 10.2. The number of benzene rings is 1. The number of guanidine groups is 1. The quantitative estimate of drug-likeness (QED) is 0.231. The zero-order valence-corrected chi connectivity index (χ0v) is 22.5. The molecule has 0 bridgehead atoms. The van der Waals surface area contributed by atoms with Gasteiger partial charge in [-0.3, -0.25) is 4.79 Å². The van der Waals surface area contributed by atoms with Crippen molar-refractivity contribution < 1.29 is 14.3 Å². The molecule has 9 heteroatoms. The third-order valence-corrected chi connectivity index (χ3v) is 5.37. The first-order valence-electron chi connectivity index (χ1n) is 10.7. The Bertz CT molecular complexity index is 829. The van der Waals surface area contributed by atoms with Crippen molar-refractivity contribution in [2.45, 2.75) is 26.7 Å². The van der Waals surface area contributed by atoms with Crippen molar-refractivity contribution >= 4 is 47.2 Å². The minimum atomic E-state index is -0.0350. The standard InChI is InChI=1S/C23H34N4O3S.HI/c1-5-29-20-10-9-18(16-21(20)30-6-2)11-13-24-23(26-17-22(28)27(3)4)25-14-12-19-8-7-15-31-19;/h7-10,15-16H,5-6,11-14,17H2,1-4H3,(H2,24,25,26);1H. The van der Waals surface area contributed by atoms with E-state index in [4.69, 9.17) is 9.47 Å². The number of carbonyl (C=O) groups excluding carboxylic acids is 1. The number of carbonyl (C=O) groups is 1. The summed E-state index contributed by atoms with van der Waals surface area (Å²) in [6.07, 6.45) is 1.70. The Morgan fingerprint density at radius 3 is 2.34 bits per heavy atom. The number of hydrogen-bond acceptors (Lipinski definition) is 5. The van der Waals surface area contributed by atoms with Crippen LogP contribution in [0.4, 0.5) is 0 Å². The first kappa shape index (κ1) is 28.0. The number of aliphatic imine (C=N–C) groups is 1. The highest BCUT2D eigenvalue weighted by molar-refractivity contribution is 14.0. The molecule has 1 heterocycles. The zero-order chi connectivity index (χ0) is 22.5. The number of rotatable bonds is 12. The van der Waals surface area contributed by atoms with Crippen LogP contribution >= 0.6 is 35.3 Å². The third-order valence-electron chi connectivity index (χ3n) is 4.43. The molecule has 0 radical (unpaired) electrons.